The number of benzene rings is 2. The highest BCUT2D eigenvalue weighted by atomic mass is 16.5. The van der Waals surface area contributed by atoms with E-state index >= 15 is 0 Å². The average molecular weight is 384 g/mol. The third-order valence-corrected chi connectivity index (χ3v) is 5.06. The van der Waals surface area contributed by atoms with Gasteiger partial charge in [0.15, 0.2) is 5.65 Å². The molecule has 2 amide bonds. The largest absolute Gasteiger partial charge is 0.497 e. The molecule has 7 heteroatoms. The third kappa shape index (κ3) is 2.44. The summed E-state index contributed by atoms with van der Waals surface area (Å²) in [5, 5.41) is 5.16. The predicted molar refractivity (Wildman–Crippen MR) is 108 cm³/mol. The summed E-state index contributed by atoms with van der Waals surface area (Å²) < 4.78 is 6.87. The van der Waals surface area contributed by atoms with E-state index in [1.165, 1.54) is 13.3 Å². The van der Waals surface area contributed by atoms with Gasteiger partial charge in [0.25, 0.3) is 11.8 Å². The summed E-state index contributed by atoms with van der Waals surface area (Å²) in [4.78, 5) is 32.1. The number of hydrogen-bond acceptors (Lipinski definition) is 5. The van der Waals surface area contributed by atoms with Crippen LogP contribution in [0.3, 0.4) is 0 Å². The van der Waals surface area contributed by atoms with Gasteiger partial charge >= 0.3 is 0 Å². The van der Waals surface area contributed by atoms with Crippen LogP contribution in [0.5, 0.6) is 5.75 Å². The number of imide groups is 1. The molecule has 7 nitrogen and oxygen atoms in total. The lowest BCUT2D eigenvalue weighted by Gasteiger charge is -2.14. The summed E-state index contributed by atoms with van der Waals surface area (Å²) in [7, 11) is 3.31. The normalized spacial score (nSPS) is 13.2. The van der Waals surface area contributed by atoms with E-state index in [0.717, 1.165) is 10.5 Å². The Hall–Kier alpha value is -4.00. The topological polar surface area (TPSA) is 77.3 Å². The Balaban J connectivity index is 1.75. The predicted octanol–water partition coefficient (Wildman–Crippen LogP) is 3.44. The lowest BCUT2D eigenvalue weighted by Crippen LogP contribution is -2.29. The number of pyridine rings is 1. The second-order valence-corrected chi connectivity index (χ2v) is 6.73. The van der Waals surface area contributed by atoms with Gasteiger partial charge in [0.2, 0.25) is 0 Å². The molecule has 2 aromatic carbocycles. The Kier molecular flexibility index (Phi) is 3.70. The first-order valence-corrected chi connectivity index (χ1v) is 9.04. The van der Waals surface area contributed by atoms with Gasteiger partial charge in [-0.15, -0.1) is 0 Å². The first-order chi connectivity index (χ1) is 14.1. The van der Waals surface area contributed by atoms with Crippen LogP contribution in [0.1, 0.15) is 20.7 Å². The van der Waals surface area contributed by atoms with Crippen LogP contribution in [0.25, 0.3) is 22.3 Å². The second kappa shape index (κ2) is 6.27. The van der Waals surface area contributed by atoms with Gasteiger partial charge in [-0.25, -0.2) is 14.6 Å². The number of methoxy groups -OCH3 is 1. The maximum atomic E-state index is 13.4. The van der Waals surface area contributed by atoms with Crippen molar-refractivity contribution in [3.8, 4) is 17.0 Å². The van der Waals surface area contributed by atoms with E-state index in [-0.39, 0.29) is 5.56 Å². The zero-order valence-corrected chi connectivity index (χ0v) is 15.8. The van der Waals surface area contributed by atoms with Crippen molar-refractivity contribution in [2.24, 2.45) is 7.05 Å². The van der Waals surface area contributed by atoms with Crippen LogP contribution in [0.4, 0.5) is 5.69 Å². The van der Waals surface area contributed by atoms with E-state index in [1.807, 2.05) is 30.3 Å². The Morgan fingerprint density at radius 1 is 0.966 bits per heavy atom. The molecule has 5 rings (SSSR count). The molecule has 142 valence electrons. The van der Waals surface area contributed by atoms with Crippen molar-refractivity contribution >= 4 is 28.5 Å². The Labute approximate surface area is 166 Å². The van der Waals surface area contributed by atoms with Gasteiger partial charge in [0.1, 0.15) is 11.4 Å². The number of nitrogens with zero attached hydrogens (tertiary/aromatic N) is 4. The third-order valence-electron chi connectivity index (χ3n) is 5.06. The average Bonchev–Trinajstić information content (AvgIpc) is 3.23. The van der Waals surface area contributed by atoms with E-state index in [2.05, 4.69) is 10.1 Å². The van der Waals surface area contributed by atoms with Gasteiger partial charge in [0, 0.05) is 24.9 Å². The van der Waals surface area contributed by atoms with Crippen molar-refractivity contribution in [2.45, 2.75) is 0 Å². The lowest BCUT2D eigenvalue weighted by molar-refractivity contribution is 0.0926. The minimum Gasteiger partial charge on any atom is -0.497 e. The SMILES string of the molecule is COc1cccc(N2C(=O)c3cnc4c(c(-c5ccccc5)nn4C)c3C2=O)c1. The molecule has 0 bridgehead atoms. The van der Waals surface area contributed by atoms with E-state index in [9.17, 15) is 9.59 Å². The van der Waals surface area contributed by atoms with E-state index in [4.69, 9.17) is 4.74 Å². The molecule has 0 N–H and O–H groups in total. The van der Waals surface area contributed by atoms with Crippen molar-refractivity contribution < 1.29 is 14.3 Å². The van der Waals surface area contributed by atoms with Crippen LogP contribution in [-0.4, -0.2) is 33.7 Å². The first kappa shape index (κ1) is 17.1. The number of rotatable bonds is 3. The number of fused-ring (bicyclic) bond motifs is 3. The molecule has 0 aliphatic carbocycles. The highest BCUT2D eigenvalue weighted by Gasteiger charge is 2.40. The maximum Gasteiger partial charge on any atom is 0.267 e. The molecule has 0 radical (unpaired) electrons. The van der Waals surface area contributed by atoms with Crippen molar-refractivity contribution in [3.05, 3.63) is 71.9 Å². The van der Waals surface area contributed by atoms with E-state index in [1.54, 1.807) is 36.0 Å². The fourth-order valence-electron chi connectivity index (χ4n) is 3.71. The van der Waals surface area contributed by atoms with Gasteiger partial charge in [-0.3, -0.25) is 9.59 Å². The molecule has 0 unspecified atom stereocenters. The molecular formula is C22H16N4O3. The molecule has 0 atom stereocenters. The summed E-state index contributed by atoms with van der Waals surface area (Å²) in [5.41, 5.74) is 3.09. The maximum absolute atomic E-state index is 13.4. The number of amides is 2. The molecule has 29 heavy (non-hydrogen) atoms. The number of anilines is 1. The fourth-order valence-corrected chi connectivity index (χ4v) is 3.71. The molecule has 0 spiro atoms. The van der Waals surface area contributed by atoms with Crippen LogP contribution in [0.15, 0.2) is 60.8 Å². The van der Waals surface area contributed by atoms with E-state index in [0.29, 0.717) is 33.7 Å². The van der Waals surface area contributed by atoms with E-state index < -0.39 is 11.8 Å². The number of aryl methyl sites for hydroxylation is 1. The van der Waals surface area contributed by atoms with Gasteiger partial charge in [0.05, 0.1) is 29.3 Å². The molecule has 3 heterocycles. The number of hydrogen-bond donors (Lipinski definition) is 0. The molecular weight excluding hydrogens is 368 g/mol. The zero-order chi connectivity index (χ0) is 20.1. The minimum absolute atomic E-state index is 0.274. The van der Waals surface area contributed by atoms with Crippen LogP contribution in [0, 0.1) is 0 Å². The Morgan fingerprint density at radius 2 is 1.76 bits per heavy atom. The Bertz CT molecular complexity index is 1290. The summed E-state index contributed by atoms with van der Waals surface area (Å²) in [5.74, 6) is -0.236. The van der Waals surface area contributed by atoms with Crippen LogP contribution in [-0.2, 0) is 7.05 Å². The monoisotopic (exact) mass is 384 g/mol. The lowest BCUT2D eigenvalue weighted by atomic mass is 10.0. The molecule has 1 aliphatic rings. The van der Waals surface area contributed by atoms with Gasteiger partial charge < -0.3 is 4.74 Å². The fraction of sp³-hybridized carbons (Fsp3) is 0.0909. The number of aromatic nitrogens is 3. The highest BCUT2D eigenvalue weighted by Crippen LogP contribution is 2.37. The minimum atomic E-state index is -0.407. The second-order valence-electron chi connectivity index (χ2n) is 6.73. The summed E-state index contributed by atoms with van der Waals surface area (Å²) in [6, 6.07) is 16.4. The van der Waals surface area contributed by atoms with Gasteiger partial charge in [-0.2, -0.15) is 5.10 Å². The molecule has 2 aromatic heterocycles. The van der Waals surface area contributed by atoms with Crippen LogP contribution >= 0.6 is 0 Å². The molecule has 0 saturated carbocycles. The van der Waals surface area contributed by atoms with Crippen molar-refractivity contribution in [2.75, 3.05) is 12.0 Å². The summed E-state index contributed by atoms with van der Waals surface area (Å²) >= 11 is 0. The summed E-state index contributed by atoms with van der Waals surface area (Å²) in [6.07, 6.45) is 1.45. The van der Waals surface area contributed by atoms with Crippen molar-refractivity contribution in [3.63, 3.8) is 0 Å². The highest BCUT2D eigenvalue weighted by molar-refractivity contribution is 6.38. The van der Waals surface area contributed by atoms with Crippen molar-refractivity contribution in [1.29, 1.82) is 0 Å². The molecule has 4 aromatic rings. The molecule has 0 saturated heterocycles. The Morgan fingerprint density at radius 3 is 2.52 bits per heavy atom. The standard InChI is InChI=1S/C22H16N4O3/c1-25-20-18(19(24-25)13-7-4-3-5-8-13)17-16(12-23-20)21(27)26(22(17)28)14-9-6-10-15(11-14)29-2/h3-12H,1-2H3. The van der Waals surface area contributed by atoms with Gasteiger partial charge in [-0.1, -0.05) is 36.4 Å². The first-order valence-electron chi connectivity index (χ1n) is 9.04. The quantitative estimate of drug-likeness (QED) is 0.506. The summed E-state index contributed by atoms with van der Waals surface area (Å²) in [6.45, 7) is 0. The van der Waals surface area contributed by atoms with Gasteiger partial charge in [-0.05, 0) is 12.1 Å². The van der Waals surface area contributed by atoms with Crippen LogP contribution in [0.2, 0.25) is 0 Å². The van der Waals surface area contributed by atoms with Crippen molar-refractivity contribution in [1.82, 2.24) is 14.8 Å². The smallest absolute Gasteiger partial charge is 0.267 e. The number of ether oxygens (including phenoxy) is 1. The molecule has 0 fully saturated rings. The molecule has 1 aliphatic heterocycles. The zero-order valence-electron chi connectivity index (χ0n) is 15.8. The number of carbonyl (C=O) groups excluding carboxylic acids is 2. The number of carbonyl (C=O) groups is 2. The van der Waals surface area contributed by atoms with Crippen LogP contribution < -0.4 is 9.64 Å².